The van der Waals surface area contributed by atoms with Crippen molar-refractivity contribution < 1.29 is 4.79 Å². The van der Waals surface area contributed by atoms with Crippen molar-refractivity contribution >= 4 is 17.3 Å². The zero-order chi connectivity index (χ0) is 14.5. The quantitative estimate of drug-likeness (QED) is 0.894. The van der Waals surface area contributed by atoms with Gasteiger partial charge < -0.3 is 10.6 Å². The maximum atomic E-state index is 12.4. The van der Waals surface area contributed by atoms with Gasteiger partial charge in [-0.3, -0.25) is 9.78 Å². The molecule has 1 aromatic carbocycles. The maximum absolute atomic E-state index is 12.4. The second kappa shape index (κ2) is 6.19. The summed E-state index contributed by atoms with van der Waals surface area (Å²) in [4.78, 5) is 16.4. The molecule has 0 unspecified atom stereocenters. The predicted octanol–water partition coefficient (Wildman–Crippen LogP) is 3.38. The van der Waals surface area contributed by atoms with Crippen LogP contribution < -0.4 is 10.6 Å². The van der Waals surface area contributed by atoms with Crippen LogP contribution in [-0.2, 0) is 0 Å². The van der Waals surface area contributed by atoms with Crippen LogP contribution in [0.2, 0.25) is 0 Å². The van der Waals surface area contributed by atoms with Gasteiger partial charge in [-0.2, -0.15) is 0 Å². The van der Waals surface area contributed by atoms with Gasteiger partial charge in [0.1, 0.15) is 0 Å². The monoisotopic (exact) mass is 269 g/mol. The fourth-order valence-electron chi connectivity index (χ4n) is 1.98. The Balaban J connectivity index is 2.26. The standard InChI is InChI=1S/C16H19N3O/c1-4-18-14-7-8-17-10-13(14)16(20)19-15-9-11(2)5-6-12(15)3/h5-10H,4H2,1-3H3,(H,17,18)(H,19,20). The summed E-state index contributed by atoms with van der Waals surface area (Å²) in [6.45, 7) is 6.73. The highest BCUT2D eigenvalue weighted by atomic mass is 16.1. The highest BCUT2D eigenvalue weighted by Crippen LogP contribution is 2.19. The minimum absolute atomic E-state index is 0.150. The first-order valence-electron chi connectivity index (χ1n) is 6.68. The van der Waals surface area contributed by atoms with Crippen molar-refractivity contribution in [1.82, 2.24) is 4.98 Å². The number of aromatic nitrogens is 1. The molecule has 0 aliphatic heterocycles. The van der Waals surface area contributed by atoms with E-state index in [1.807, 2.05) is 45.0 Å². The van der Waals surface area contributed by atoms with Crippen LogP contribution in [0.4, 0.5) is 11.4 Å². The molecule has 0 saturated heterocycles. The van der Waals surface area contributed by atoms with Gasteiger partial charge in [-0.25, -0.2) is 0 Å². The summed E-state index contributed by atoms with van der Waals surface area (Å²) < 4.78 is 0. The number of anilines is 2. The zero-order valence-corrected chi connectivity index (χ0v) is 12.0. The summed E-state index contributed by atoms with van der Waals surface area (Å²) in [5.74, 6) is -0.150. The molecule has 2 N–H and O–H groups in total. The van der Waals surface area contributed by atoms with Crippen molar-refractivity contribution in [3.8, 4) is 0 Å². The van der Waals surface area contributed by atoms with Gasteiger partial charge in [-0.1, -0.05) is 12.1 Å². The van der Waals surface area contributed by atoms with Gasteiger partial charge in [0.05, 0.1) is 11.3 Å². The highest BCUT2D eigenvalue weighted by Gasteiger charge is 2.12. The fraction of sp³-hybridized carbons (Fsp3) is 0.250. The van der Waals surface area contributed by atoms with Gasteiger partial charge in [-0.15, -0.1) is 0 Å². The molecule has 1 heterocycles. The van der Waals surface area contributed by atoms with Crippen molar-refractivity contribution in [2.45, 2.75) is 20.8 Å². The maximum Gasteiger partial charge on any atom is 0.259 e. The zero-order valence-electron chi connectivity index (χ0n) is 12.0. The number of rotatable bonds is 4. The Morgan fingerprint density at radius 2 is 2.00 bits per heavy atom. The first kappa shape index (κ1) is 14.1. The summed E-state index contributed by atoms with van der Waals surface area (Å²) in [5, 5.41) is 6.12. The fourth-order valence-corrected chi connectivity index (χ4v) is 1.98. The molecule has 4 heteroatoms. The predicted molar refractivity (Wildman–Crippen MR) is 82.3 cm³/mol. The van der Waals surface area contributed by atoms with Crippen LogP contribution in [0.1, 0.15) is 28.4 Å². The number of nitrogens with zero attached hydrogens (tertiary/aromatic N) is 1. The second-order valence-electron chi connectivity index (χ2n) is 4.72. The molecule has 0 fully saturated rings. The Morgan fingerprint density at radius 3 is 2.75 bits per heavy atom. The minimum atomic E-state index is -0.150. The van der Waals surface area contributed by atoms with E-state index in [2.05, 4.69) is 15.6 Å². The highest BCUT2D eigenvalue weighted by molar-refractivity contribution is 6.08. The molecule has 1 aromatic heterocycles. The third-order valence-electron chi connectivity index (χ3n) is 3.07. The van der Waals surface area contributed by atoms with E-state index in [1.165, 1.54) is 0 Å². The van der Waals surface area contributed by atoms with Gasteiger partial charge in [0.25, 0.3) is 5.91 Å². The number of pyridine rings is 1. The largest absolute Gasteiger partial charge is 0.385 e. The minimum Gasteiger partial charge on any atom is -0.385 e. The Morgan fingerprint density at radius 1 is 1.20 bits per heavy atom. The lowest BCUT2D eigenvalue weighted by Crippen LogP contribution is -2.15. The first-order chi connectivity index (χ1) is 9.61. The lowest BCUT2D eigenvalue weighted by molar-refractivity contribution is 0.102. The molecule has 0 spiro atoms. The van der Waals surface area contributed by atoms with E-state index in [-0.39, 0.29) is 5.91 Å². The van der Waals surface area contributed by atoms with Crippen LogP contribution in [-0.4, -0.2) is 17.4 Å². The molecule has 2 rings (SSSR count). The summed E-state index contributed by atoms with van der Waals surface area (Å²) in [7, 11) is 0. The third kappa shape index (κ3) is 3.15. The molecule has 0 bridgehead atoms. The topological polar surface area (TPSA) is 54.0 Å². The molecule has 0 aliphatic rings. The van der Waals surface area contributed by atoms with E-state index in [0.717, 1.165) is 29.0 Å². The molecule has 0 radical (unpaired) electrons. The Kier molecular flexibility index (Phi) is 4.35. The van der Waals surface area contributed by atoms with Crippen LogP contribution >= 0.6 is 0 Å². The molecule has 2 aromatic rings. The smallest absolute Gasteiger partial charge is 0.259 e. The average Bonchev–Trinajstić information content (AvgIpc) is 2.44. The van der Waals surface area contributed by atoms with Gasteiger partial charge in [0, 0.05) is 24.6 Å². The van der Waals surface area contributed by atoms with Gasteiger partial charge >= 0.3 is 0 Å². The molecule has 104 valence electrons. The summed E-state index contributed by atoms with van der Waals surface area (Å²) in [6.07, 6.45) is 3.26. The van der Waals surface area contributed by atoms with E-state index < -0.39 is 0 Å². The van der Waals surface area contributed by atoms with Gasteiger partial charge in [-0.05, 0) is 44.0 Å². The summed E-state index contributed by atoms with van der Waals surface area (Å²) in [6, 6.07) is 7.80. The Labute approximate surface area is 119 Å². The van der Waals surface area contributed by atoms with Gasteiger partial charge in [0.2, 0.25) is 0 Å². The number of carbonyl (C=O) groups is 1. The Bertz CT molecular complexity index is 623. The van der Waals surface area contributed by atoms with Crippen LogP contribution in [0.5, 0.6) is 0 Å². The second-order valence-corrected chi connectivity index (χ2v) is 4.72. The van der Waals surface area contributed by atoms with Crippen LogP contribution in [0.3, 0.4) is 0 Å². The van der Waals surface area contributed by atoms with E-state index in [1.54, 1.807) is 12.4 Å². The third-order valence-corrected chi connectivity index (χ3v) is 3.07. The van der Waals surface area contributed by atoms with Crippen LogP contribution in [0.25, 0.3) is 0 Å². The molecule has 0 aliphatic carbocycles. The summed E-state index contributed by atoms with van der Waals surface area (Å²) in [5.41, 5.74) is 4.34. The molecular formula is C16H19N3O. The SMILES string of the molecule is CCNc1ccncc1C(=O)Nc1cc(C)ccc1C. The number of benzene rings is 1. The number of carbonyl (C=O) groups excluding carboxylic acids is 1. The van der Waals surface area contributed by atoms with Crippen LogP contribution in [0, 0.1) is 13.8 Å². The van der Waals surface area contributed by atoms with E-state index in [4.69, 9.17) is 0 Å². The molecule has 0 saturated carbocycles. The lowest BCUT2D eigenvalue weighted by Gasteiger charge is -2.12. The van der Waals surface area contributed by atoms with Crippen molar-refractivity contribution in [2.24, 2.45) is 0 Å². The number of hydrogen-bond donors (Lipinski definition) is 2. The first-order valence-corrected chi connectivity index (χ1v) is 6.68. The van der Waals surface area contributed by atoms with E-state index >= 15 is 0 Å². The van der Waals surface area contributed by atoms with Gasteiger partial charge in [0.15, 0.2) is 0 Å². The normalized spacial score (nSPS) is 10.2. The molecule has 4 nitrogen and oxygen atoms in total. The van der Waals surface area contributed by atoms with E-state index in [9.17, 15) is 4.79 Å². The molecule has 0 atom stereocenters. The van der Waals surface area contributed by atoms with E-state index in [0.29, 0.717) is 5.56 Å². The molecule has 1 amide bonds. The lowest BCUT2D eigenvalue weighted by atomic mass is 10.1. The number of nitrogens with one attached hydrogen (secondary N) is 2. The number of aryl methyl sites for hydroxylation is 2. The van der Waals surface area contributed by atoms with Crippen molar-refractivity contribution in [2.75, 3.05) is 17.2 Å². The number of amides is 1. The number of hydrogen-bond acceptors (Lipinski definition) is 3. The molecular weight excluding hydrogens is 250 g/mol. The Hall–Kier alpha value is -2.36. The summed E-state index contributed by atoms with van der Waals surface area (Å²) >= 11 is 0. The van der Waals surface area contributed by atoms with Crippen molar-refractivity contribution in [3.05, 3.63) is 53.3 Å². The average molecular weight is 269 g/mol. The molecule has 20 heavy (non-hydrogen) atoms. The van der Waals surface area contributed by atoms with Crippen molar-refractivity contribution in [3.63, 3.8) is 0 Å². The van der Waals surface area contributed by atoms with Crippen molar-refractivity contribution in [1.29, 1.82) is 0 Å². The van der Waals surface area contributed by atoms with Crippen LogP contribution in [0.15, 0.2) is 36.7 Å².